The van der Waals surface area contributed by atoms with Gasteiger partial charge in [0.05, 0.1) is 23.3 Å². The number of aliphatic hydroxyl groups is 1. The van der Waals surface area contributed by atoms with Crippen LogP contribution in [0.2, 0.25) is 0 Å². The zero-order chi connectivity index (χ0) is 22.7. The van der Waals surface area contributed by atoms with E-state index in [2.05, 4.69) is 26.0 Å². The van der Waals surface area contributed by atoms with Gasteiger partial charge in [0.15, 0.2) is 5.82 Å². The lowest BCUT2D eigenvalue weighted by Gasteiger charge is -2.13. The fourth-order valence-corrected chi connectivity index (χ4v) is 3.78. The average molecular weight is 445 g/mol. The molecule has 0 bridgehead atoms. The van der Waals surface area contributed by atoms with Crippen LogP contribution in [0.15, 0.2) is 48.9 Å². The van der Waals surface area contributed by atoms with Crippen molar-refractivity contribution in [2.24, 2.45) is 5.73 Å². The number of nitrogens with zero attached hydrogens (tertiary/aromatic N) is 5. The van der Waals surface area contributed by atoms with Gasteiger partial charge in [-0.3, -0.25) is 4.98 Å². The molecule has 0 fully saturated rings. The molecule has 4 aromatic rings. The number of aryl methyl sites for hydroxylation is 2. The standard InChI is InChI=1S/C23H20N6O2S/c1-13-5-17(7-19(29-13)23-28-10-14(2)32-23)31-21-6-15(8-24)3-4-18(21)22-26-11-16(12-27-22)20(30)9-25/h3-7,10-12,20,30H,9,25H2,1-2H3. The molecule has 3 heterocycles. The van der Waals surface area contributed by atoms with Gasteiger partial charge in [-0.15, -0.1) is 11.3 Å². The van der Waals surface area contributed by atoms with Crippen LogP contribution >= 0.6 is 11.3 Å². The largest absolute Gasteiger partial charge is 0.456 e. The monoisotopic (exact) mass is 444 g/mol. The molecule has 1 unspecified atom stereocenters. The van der Waals surface area contributed by atoms with Crippen molar-refractivity contribution in [3.8, 4) is 39.7 Å². The predicted molar refractivity (Wildman–Crippen MR) is 121 cm³/mol. The summed E-state index contributed by atoms with van der Waals surface area (Å²) >= 11 is 1.55. The minimum Gasteiger partial charge on any atom is -0.456 e. The third-order valence-electron chi connectivity index (χ3n) is 4.63. The molecule has 8 nitrogen and oxygen atoms in total. The molecule has 0 radical (unpaired) electrons. The van der Waals surface area contributed by atoms with Crippen molar-refractivity contribution in [3.63, 3.8) is 0 Å². The summed E-state index contributed by atoms with van der Waals surface area (Å²) in [4.78, 5) is 18.8. The minimum atomic E-state index is -0.826. The zero-order valence-corrected chi connectivity index (χ0v) is 18.3. The summed E-state index contributed by atoms with van der Waals surface area (Å²) in [5, 5.41) is 20.0. The Labute approximate surface area is 189 Å². The summed E-state index contributed by atoms with van der Waals surface area (Å²) in [6.45, 7) is 3.95. The molecule has 0 saturated heterocycles. The van der Waals surface area contributed by atoms with Crippen LogP contribution in [0.1, 0.15) is 27.8 Å². The van der Waals surface area contributed by atoms with Crippen molar-refractivity contribution < 1.29 is 9.84 Å². The van der Waals surface area contributed by atoms with E-state index in [1.165, 1.54) is 12.4 Å². The quantitative estimate of drug-likeness (QED) is 0.457. The maximum absolute atomic E-state index is 9.88. The highest BCUT2D eigenvalue weighted by atomic mass is 32.1. The second kappa shape index (κ2) is 9.20. The lowest BCUT2D eigenvalue weighted by Crippen LogP contribution is -2.12. The van der Waals surface area contributed by atoms with Gasteiger partial charge in [-0.05, 0) is 32.0 Å². The molecule has 9 heteroatoms. The summed E-state index contributed by atoms with van der Waals surface area (Å²) in [7, 11) is 0. The van der Waals surface area contributed by atoms with Gasteiger partial charge in [0.1, 0.15) is 22.2 Å². The molecule has 3 N–H and O–H groups in total. The van der Waals surface area contributed by atoms with Gasteiger partial charge < -0.3 is 15.6 Å². The van der Waals surface area contributed by atoms with Gasteiger partial charge in [-0.1, -0.05) is 0 Å². The van der Waals surface area contributed by atoms with Gasteiger partial charge in [-0.25, -0.2) is 15.0 Å². The first-order chi connectivity index (χ1) is 15.5. The number of rotatable bonds is 6. The second-order valence-electron chi connectivity index (χ2n) is 7.12. The van der Waals surface area contributed by atoms with Crippen LogP contribution in [0, 0.1) is 25.2 Å². The molecular formula is C23H20N6O2S. The predicted octanol–water partition coefficient (Wildman–Crippen LogP) is 3.94. The molecule has 0 aliphatic rings. The fourth-order valence-electron chi connectivity index (χ4n) is 3.05. The first kappa shape index (κ1) is 21.5. The fraction of sp³-hybridized carbons (Fsp3) is 0.174. The Morgan fingerprint density at radius 2 is 1.91 bits per heavy atom. The molecule has 160 valence electrons. The van der Waals surface area contributed by atoms with Crippen molar-refractivity contribution in [3.05, 3.63) is 70.6 Å². The Hall–Kier alpha value is -3.71. The van der Waals surface area contributed by atoms with Gasteiger partial charge in [0, 0.05) is 53.4 Å². The van der Waals surface area contributed by atoms with E-state index in [0.29, 0.717) is 39.7 Å². The van der Waals surface area contributed by atoms with Gasteiger partial charge in [0.2, 0.25) is 0 Å². The molecule has 32 heavy (non-hydrogen) atoms. The zero-order valence-electron chi connectivity index (χ0n) is 17.5. The SMILES string of the molecule is Cc1cc(Oc2cc(C#N)ccc2-c2ncc(C(O)CN)cn2)cc(-c2ncc(C)s2)n1. The number of aliphatic hydroxyl groups excluding tert-OH is 1. The van der Waals surface area contributed by atoms with Crippen LogP contribution < -0.4 is 10.5 Å². The third kappa shape index (κ3) is 4.63. The summed E-state index contributed by atoms with van der Waals surface area (Å²) in [6.07, 6.45) is 4.04. The Balaban J connectivity index is 1.73. The molecule has 0 saturated carbocycles. The average Bonchev–Trinajstić information content (AvgIpc) is 3.24. The third-order valence-corrected chi connectivity index (χ3v) is 5.56. The van der Waals surface area contributed by atoms with Crippen LogP contribution in [0.4, 0.5) is 0 Å². The second-order valence-corrected chi connectivity index (χ2v) is 8.36. The first-order valence-electron chi connectivity index (χ1n) is 9.80. The lowest BCUT2D eigenvalue weighted by molar-refractivity contribution is 0.186. The lowest BCUT2D eigenvalue weighted by atomic mass is 10.1. The normalized spacial score (nSPS) is 11.7. The highest BCUT2D eigenvalue weighted by molar-refractivity contribution is 7.14. The number of ether oxygens (including phenoxy) is 1. The number of aromatic nitrogens is 4. The molecular weight excluding hydrogens is 424 g/mol. The molecule has 0 amide bonds. The van der Waals surface area contributed by atoms with Crippen LogP contribution in [0.3, 0.4) is 0 Å². The maximum atomic E-state index is 9.88. The van der Waals surface area contributed by atoms with E-state index in [0.717, 1.165) is 15.6 Å². The number of nitriles is 1. The van der Waals surface area contributed by atoms with Crippen LogP contribution in [0.5, 0.6) is 11.5 Å². The highest BCUT2D eigenvalue weighted by Gasteiger charge is 2.15. The topological polar surface area (TPSA) is 131 Å². The van der Waals surface area contributed by atoms with Gasteiger partial charge >= 0.3 is 0 Å². The number of hydrogen-bond acceptors (Lipinski definition) is 9. The Bertz CT molecular complexity index is 1300. The number of pyridine rings is 1. The van der Waals surface area contributed by atoms with E-state index in [1.54, 1.807) is 29.5 Å². The summed E-state index contributed by atoms with van der Waals surface area (Å²) in [5.74, 6) is 1.40. The maximum Gasteiger partial charge on any atom is 0.162 e. The van der Waals surface area contributed by atoms with Crippen molar-refractivity contribution in [1.29, 1.82) is 5.26 Å². The van der Waals surface area contributed by atoms with E-state index in [4.69, 9.17) is 10.5 Å². The summed E-state index contributed by atoms with van der Waals surface area (Å²) < 4.78 is 6.19. The van der Waals surface area contributed by atoms with E-state index >= 15 is 0 Å². The summed E-state index contributed by atoms with van der Waals surface area (Å²) in [5.41, 5.74) is 8.57. The van der Waals surface area contributed by atoms with Crippen molar-refractivity contribution in [1.82, 2.24) is 19.9 Å². The molecule has 1 aromatic carbocycles. The van der Waals surface area contributed by atoms with Crippen molar-refractivity contribution in [2.45, 2.75) is 20.0 Å². The van der Waals surface area contributed by atoms with Crippen molar-refractivity contribution >= 4 is 11.3 Å². The van der Waals surface area contributed by atoms with Crippen LogP contribution in [-0.2, 0) is 0 Å². The number of hydrogen-bond donors (Lipinski definition) is 2. The smallest absolute Gasteiger partial charge is 0.162 e. The van der Waals surface area contributed by atoms with E-state index in [-0.39, 0.29) is 6.54 Å². The molecule has 1 atom stereocenters. The number of nitrogens with two attached hydrogens (primary N) is 1. The minimum absolute atomic E-state index is 0.0796. The first-order valence-corrected chi connectivity index (χ1v) is 10.6. The molecule has 3 aromatic heterocycles. The van der Waals surface area contributed by atoms with E-state index < -0.39 is 6.10 Å². The molecule has 4 rings (SSSR count). The van der Waals surface area contributed by atoms with Gasteiger partial charge in [-0.2, -0.15) is 5.26 Å². The van der Waals surface area contributed by atoms with Crippen LogP contribution in [0.25, 0.3) is 22.1 Å². The van der Waals surface area contributed by atoms with E-state index in [1.807, 2.05) is 32.2 Å². The highest BCUT2D eigenvalue weighted by Crippen LogP contribution is 2.34. The number of thiazole rings is 1. The number of benzene rings is 1. The Kier molecular flexibility index (Phi) is 6.18. The summed E-state index contributed by atoms with van der Waals surface area (Å²) in [6, 6.07) is 10.8. The molecule has 0 spiro atoms. The Morgan fingerprint density at radius 1 is 1.12 bits per heavy atom. The van der Waals surface area contributed by atoms with E-state index in [9.17, 15) is 10.4 Å². The van der Waals surface area contributed by atoms with Crippen LogP contribution in [-0.4, -0.2) is 31.6 Å². The van der Waals surface area contributed by atoms with Crippen molar-refractivity contribution in [2.75, 3.05) is 6.54 Å². The molecule has 0 aliphatic heterocycles. The van der Waals surface area contributed by atoms with Gasteiger partial charge in [0.25, 0.3) is 0 Å². The molecule has 0 aliphatic carbocycles. The Morgan fingerprint density at radius 3 is 2.56 bits per heavy atom.